The van der Waals surface area contributed by atoms with Crippen LogP contribution >= 0.6 is 0 Å². The predicted octanol–water partition coefficient (Wildman–Crippen LogP) is 3.06. The Morgan fingerprint density at radius 2 is 2.30 bits per heavy atom. The number of nitrogens with zero attached hydrogens (tertiary/aromatic N) is 1. The van der Waals surface area contributed by atoms with Crippen LogP contribution in [0.4, 0.5) is 14.5 Å². The fourth-order valence-corrected chi connectivity index (χ4v) is 2.84. The molecule has 1 unspecified atom stereocenters. The lowest BCUT2D eigenvalue weighted by Crippen LogP contribution is -2.28. The maximum absolute atomic E-state index is 12.4. The summed E-state index contributed by atoms with van der Waals surface area (Å²) in [6.07, 6.45) is 2.08. The lowest BCUT2D eigenvalue weighted by molar-refractivity contribution is -0.120. The van der Waals surface area contributed by atoms with Gasteiger partial charge in [-0.2, -0.15) is 8.78 Å². The number of halogens is 2. The summed E-state index contributed by atoms with van der Waals surface area (Å²) in [6, 6.07) is 6.01. The molecule has 0 saturated carbocycles. The second-order valence-electron chi connectivity index (χ2n) is 5.58. The lowest BCUT2D eigenvalue weighted by Gasteiger charge is -2.20. The first-order valence-electron chi connectivity index (χ1n) is 7.41. The summed E-state index contributed by atoms with van der Waals surface area (Å²) >= 11 is 0. The summed E-state index contributed by atoms with van der Waals surface area (Å²) < 4.78 is 28.8. The van der Waals surface area contributed by atoms with Gasteiger partial charge in [0.1, 0.15) is 11.6 Å². The summed E-state index contributed by atoms with van der Waals surface area (Å²) in [5, 5.41) is 2.76. The first-order valence-corrected chi connectivity index (χ1v) is 7.41. The molecule has 1 amide bonds. The number of ether oxygens (including phenoxy) is 1. The van der Waals surface area contributed by atoms with Crippen LogP contribution < -0.4 is 10.1 Å². The highest BCUT2D eigenvalue weighted by molar-refractivity contribution is 5.93. The highest BCUT2D eigenvalue weighted by Crippen LogP contribution is 2.26. The number of aryl methyl sites for hydroxylation is 2. The molecule has 1 heterocycles. The van der Waals surface area contributed by atoms with Crippen LogP contribution in [-0.2, 0) is 17.6 Å². The first kappa shape index (κ1) is 15.5. The number of carbonyl (C=O) groups is 1. The number of amides is 1. The lowest BCUT2D eigenvalue weighted by atomic mass is 9.89. The number of rotatable bonds is 4. The third-order valence-corrected chi connectivity index (χ3v) is 3.86. The van der Waals surface area contributed by atoms with Crippen LogP contribution in [-0.4, -0.2) is 22.5 Å². The maximum Gasteiger partial charge on any atom is 0.387 e. The highest BCUT2D eigenvalue weighted by atomic mass is 19.3. The van der Waals surface area contributed by atoms with Crippen molar-refractivity contribution in [3.05, 3.63) is 41.5 Å². The quantitative estimate of drug-likeness (QED) is 0.909. The fraction of sp³-hybridized carbons (Fsp3) is 0.375. The van der Waals surface area contributed by atoms with Crippen LogP contribution in [0.1, 0.15) is 23.6 Å². The number of anilines is 1. The summed E-state index contributed by atoms with van der Waals surface area (Å²) in [5.41, 5.74) is 2.47. The number of carbonyl (C=O) groups excluding carboxylic acids is 1. The largest absolute Gasteiger partial charge is 0.435 e. The molecule has 0 aliphatic heterocycles. The minimum absolute atomic E-state index is 0.0212. The van der Waals surface area contributed by atoms with E-state index in [4.69, 9.17) is 0 Å². The van der Waals surface area contributed by atoms with Crippen LogP contribution in [0.3, 0.4) is 0 Å². The van der Waals surface area contributed by atoms with E-state index in [9.17, 15) is 13.6 Å². The Morgan fingerprint density at radius 1 is 1.48 bits per heavy atom. The standard InChI is InChI=1S/C16H17F2N3O2/c1-9-19-13-6-5-10(7-14(13)20-9)15(22)21-11-3-2-4-12(8-11)23-16(17)18/h2-4,8,10,16H,5-7H2,1H3,(H,19,20)(H,21,22). The molecule has 0 saturated heterocycles. The van der Waals surface area contributed by atoms with Crippen LogP contribution in [0.2, 0.25) is 0 Å². The van der Waals surface area contributed by atoms with Crippen molar-refractivity contribution in [3.8, 4) is 5.75 Å². The van der Waals surface area contributed by atoms with Gasteiger partial charge in [0.05, 0.1) is 5.69 Å². The van der Waals surface area contributed by atoms with E-state index in [-0.39, 0.29) is 17.6 Å². The Morgan fingerprint density at radius 3 is 3.09 bits per heavy atom. The van der Waals surface area contributed by atoms with E-state index >= 15 is 0 Å². The number of H-pyrrole nitrogens is 1. The SMILES string of the molecule is Cc1nc2c([nH]1)CC(C(=O)Nc1cccc(OC(F)F)c1)CC2. The minimum atomic E-state index is -2.89. The second kappa shape index (κ2) is 6.36. The predicted molar refractivity (Wildman–Crippen MR) is 80.5 cm³/mol. The van der Waals surface area contributed by atoms with Gasteiger partial charge in [0.2, 0.25) is 5.91 Å². The Bertz CT molecular complexity index is 715. The van der Waals surface area contributed by atoms with Crippen molar-refractivity contribution >= 4 is 11.6 Å². The van der Waals surface area contributed by atoms with Crippen molar-refractivity contribution in [2.75, 3.05) is 5.32 Å². The third-order valence-electron chi connectivity index (χ3n) is 3.86. The van der Waals surface area contributed by atoms with Crippen LogP contribution in [0.25, 0.3) is 0 Å². The molecule has 122 valence electrons. The van der Waals surface area contributed by atoms with Crippen molar-refractivity contribution in [1.29, 1.82) is 0 Å². The average molecular weight is 321 g/mol. The van der Waals surface area contributed by atoms with Gasteiger partial charge in [-0.1, -0.05) is 6.07 Å². The van der Waals surface area contributed by atoms with Gasteiger partial charge in [-0.15, -0.1) is 0 Å². The third kappa shape index (κ3) is 3.67. The van der Waals surface area contributed by atoms with Crippen molar-refractivity contribution in [1.82, 2.24) is 9.97 Å². The summed E-state index contributed by atoms with van der Waals surface area (Å²) in [4.78, 5) is 20.0. The maximum atomic E-state index is 12.4. The zero-order valence-corrected chi connectivity index (χ0v) is 12.6. The van der Waals surface area contributed by atoms with E-state index in [1.807, 2.05) is 6.92 Å². The van der Waals surface area contributed by atoms with Crippen molar-refractivity contribution in [2.24, 2.45) is 5.92 Å². The number of fused-ring (bicyclic) bond motifs is 1. The van der Waals surface area contributed by atoms with Crippen molar-refractivity contribution in [2.45, 2.75) is 32.8 Å². The Hall–Kier alpha value is -2.44. The number of imidazole rings is 1. The molecule has 0 bridgehead atoms. The minimum Gasteiger partial charge on any atom is -0.435 e. The Labute approximate surface area is 132 Å². The molecule has 23 heavy (non-hydrogen) atoms. The van der Waals surface area contributed by atoms with Gasteiger partial charge >= 0.3 is 6.61 Å². The molecule has 3 rings (SSSR count). The molecule has 2 aromatic rings. The Balaban J connectivity index is 1.66. The molecule has 1 atom stereocenters. The molecular weight excluding hydrogens is 304 g/mol. The fourth-order valence-electron chi connectivity index (χ4n) is 2.84. The molecule has 2 N–H and O–H groups in total. The molecular formula is C16H17F2N3O2. The first-order chi connectivity index (χ1) is 11.0. The highest BCUT2D eigenvalue weighted by Gasteiger charge is 2.26. The average Bonchev–Trinajstić information content (AvgIpc) is 2.85. The van der Waals surface area contributed by atoms with Gasteiger partial charge in [-0.05, 0) is 31.9 Å². The number of aromatic amines is 1. The number of hydrogen-bond donors (Lipinski definition) is 2. The van der Waals surface area contributed by atoms with E-state index in [1.165, 1.54) is 12.1 Å². The Kier molecular flexibility index (Phi) is 4.27. The normalized spacial score (nSPS) is 17.0. The van der Waals surface area contributed by atoms with Crippen LogP contribution in [0.5, 0.6) is 5.75 Å². The topological polar surface area (TPSA) is 67.0 Å². The van der Waals surface area contributed by atoms with E-state index in [0.717, 1.165) is 30.1 Å². The number of hydrogen-bond acceptors (Lipinski definition) is 3. The smallest absolute Gasteiger partial charge is 0.387 e. The van der Waals surface area contributed by atoms with E-state index in [0.29, 0.717) is 12.1 Å². The summed E-state index contributed by atoms with van der Waals surface area (Å²) in [7, 11) is 0. The van der Waals surface area contributed by atoms with Gasteiger partial charge in [-0.25, -0.2) is 4.98 Å². The van der Waals surface area contributed by atoms with Crippen LogP contribution in [0.15, 0.2) is 24.3 Å². The molecule has 0 radical (unpaired) electrons. The van der Waals surface area contributed by atoms with E-state index in [2.05, 4.69) is 20.0 Å². The van der Waals surface area contributed by atoms with Crippen LogP contribution in [0, 0.1) is 12.8 Å². The molecule has 1 aliphatic carbocycles. The van der Waals surface area contributed by atoms with Gasteiger partial charge in [-0.3, -0.25) is 4.79 Å². The summed E-state index contributed by atoms with van der Waals surface area (Å²) in [6.45, 7) is -0.997. The second-order valence-corrected chi connectivity index (χ2v) is 5.58. The van der Waals surface area contributed by atoms with Gasteiger partial charge < -0.3 is 15.0 Å². The monoisotopic (exact) mass is 321 g/mol. The summed E-state index contributed by atoms with van der Waals surface area (Å²) in [5.74, 6) is 0.583. The van der Waals surface area contributed by atoms with Gasteiger partial charge in [0.25, 0.3) is 0 Å². The zero-order chi connectivity index (χ0) is 16.4. The number of alkyl halides is 2. The number of aromatic nitrogens is 2. The van der Waals surface area contributed by atoms with E-state index in [1.54, 1.807) is 12.1 Å². The number of nitrogens with one attached hydrogen (secondary N) is 2. The van der Waals surface area contributed by atoms with E-state index < -0.39 is 6.61 Å². The molecule has 0 fully saturated rings. The molecule has 7 heteroatoms. The molecule has 1 aliphatic rings. The van der Waals surface area contributed by atoms with Crippen molar-refractivity contribution in [3.63, 3.8) is 0 Å². The zero-order valence-electron chi connectivity index (χ0n) is 12.6. The number of benzene rings is 1. The molecule has 0 spiro atoms. The van der Waals surface area contributed by atoms with Crippen molar-refractivity contribution < 1.29 is 18.3 Å². The molecule has 1 aromatic carbocycles. The van der Waals surface area contributed by atoms with Gasteiger partial charge in [0.15, 0.2) is 0 Å². The molecule has 1 aromatic heterocycles. The molecule has 5 nitrogen and oxygen atoms in total. The van der Waals surface area contributed by atoms with Gasteiger partial charge in [0, 0.05) is 29.8 Å².